The molecule has 3 aliphatic carbocycles. The van der Waals surface area contributed by atoms with Gasteiger partial charge >= 0.3 is 0 Å². The number of aryl methyl sites for hydroxylation is 1. The van der Waals surface area contributed by atoms with E-state index in [-0.39, 0.29) is 5.41 Å². The largest absolute Gasteiger partial charge is 0.0801 e. The Labute approximate surface area is 158 Å². The van der Waals surface area contributed by atoms with Crippen molar-refractivity contribution in [2.45, 2.75) is 48.0 Å². The third-order valence-electron chi connectivity index (χ3n) is 6.51. The Kier molecular flexibility index (Phi) is 3.99. The summed E-state index contributed by atoms with van der Waals surface area (Å²) in [6.45, 7) is 14.1. The molecule has 0 saturated heterocycles. The zero-order valence-corrected chi connectivity index (χ0v) is 17.0. The van der Waals surface area contributed by atoms with Gasteiger partial charge in [0.05, 0.1) is 0 Å². The van der Waals surface area contributed by atoms with Crippen LogP contribution in [-0.2, 0) is 0 Å². The van der Waals surface area contributed by atoms with Crippen LogP contribution in [0.5, 0.6) is 0 Å². The quantitative estimate of drug-likeness (QED) is 0.692. The van der Waals surface area contributed by atoms with Crippen LogP contribution >= 0.6 is 0 Å². The SMILES string of the molecule is Cc1ccc2c(c1)=CC1=C(C3=CC=CC3)C(C)(C(C)C)C=C(C(C)C)C=21. The van der Waals surface area contributed by atoms with Crippen molar-refractivity contribution in [1.29, 1.82) is 0 Å². The zero-order valence-electron chi connectivity index (χ0n) is 17.0. The van der Waals surface area contributed by atoms with Gasteiger partial charge in [-0.2, -0.15) is 0 Å². The smallest absolute Gasteiger partial charge is 0.0142 e. The minimum Gasteiger partial charge on any atom is -0.0801 e. The second-order valence-corrected chi connectivity index (χ2v) is 8.91. The van der Waals surface area contributed by atoms with E-state index in [0.717, 1.165) is 6.42 Å². The van der Waals surface area contributed by atoms with Crippen molar-refractivity contribution in [1.82, 2.24) is 0 Å². The van der Waals surface area contributed by atoms with E-state index in [1.165, 1.54) is 38.3 Å². The first-order chi connectivity index (χ1) is 12.3. The van der Waals surface area contributed by atoms with Gasteiger partial charge in [-0.05, 0) is 69.6 Å². The number of hydrogen-bond acceptors (Lipinski definition) is 0. The summed E-state index contributed by atoms with van der Waals surface area (Å²) in [5.41, 5.74) is 8.93. The average Bonchev–Trinajstić information content (AvgIpc) is 3.20. The Bertz CT molecular complexity index is 1020. The Balaban J connectivity index is 2.12. The van der Waals surface area contributed by atoms with Crippen molar-refractivity contribution in [3.05, 3.63) is 80.8 Å². The zero-order chi connectivity index (χ0) is 18.6. The molecule has 3 aliphatic rings. The molecule has 0 amide bonds. The standard InChI is InChI=1S/C26H30/c1-16(2)23-15-26(6,17(3)4)25(19-9-7-8-10-19)22-14-20-13-18(5)11-12-21(20)24(22)23/h7-9,11-17H,10H2,1-6H3. The van der Waals surface area contributed by atoms with Gasteiger partial charge < -0.3 is 0 Å². The summed E-state index contributed by atoms with van der Waals surface area (Å²) in [7, 11) is 0. The minimum atomic E-state index is 0.0733. The van der Waals surface area contributed by atoms with Crippen LogP contribution in [0, 0.1) is 24.2 Å². The van der Waals surface area contributed by atoms with Crippen LogP contribution in [0.3, 0.4) is 0 Å². The molecule has 0 N–H and O–H groups in total. The highest BCUT2D eigenvalue weighted by Crippen LogP contribution is 2.52. The molecule has 0 aliphatic heterocycles. The predicted molar refractivity (Wildman–Crippen MR) is 113 cm³/mol. The molecule has 0 heteroatoms. The number of benzene rings is 1. The summed E-state index contributed by atoms with van der Waals surface area (Å²) in [5, 5.41) is 2.80. The normalized spacial score (nSPS) is 24.1. The van der Waals surface area contributed by atoms with Crippen molar-refractivity contribution in [3.8, 4) is 0 Å². The first-order valence-corrected chi connectivity index (χ1v) is 10.00. The molecule has 1 unspecified atom stereocenters. The Morgan fingerprint density at radius 3 is 2.46 bits per heavy atom. The predicted octanol–water partition coefficient (Wildman–Crippen LogP) is 5.38. The van der Waals surface area contributed by atoms with E-state index < -0.39 is 0 Å². The Morgan fingerprint density at radius 2 is 1.85 bits per heavy atom. The van der Waals surface area contributed by atoms with Crippen LogP contribution in [0.15, 0.2) is 64.8 Å². The lowest BCUT2D eigenvalue weighted by atomic mass is 9.62. The highest BCUT2D eigenvalue weighted by atomic mass is 14.4. The summed E-state index contributed by atoms with van der Waals surface area (Å²) < 4.78 is 0. The van der Waals surface area contributed by atoms with Gasteiger partial charge in [0.25, 0.3) is 0 Å². The molecule has 26 heavy (non-hydrogen) atoms. The lowest BCUT2D eigenvalue weighted by Crippen LogP contribution is -2.31. The molecule has 1 atom stereocenters. The van der Waals surface area contributed by atoms with Gasteiger partial charge in [-0.3, -0.25) is 0 Å². The monoisotopic (exact) mass is 342 g/mol. The van der Waals surface area contributed by atoms with E-state index in [1.54, 1.807) is 5.57 Å². The van der Waals surface area contributed by atoms with Crippen LogP contribution in [0.25, 0.3) is 11.6 Å². The van der Waals surface area contributed by atoms with Gasteiger partial charge in [-0.15, -0.1) is 0 Å². The molecule has 1 aromatic carbocycles. The van der Waals surface area contributed by atoms with Crippen molar-refractivity contribution in [2.75, 3.05) is 0 Å². The summed E-state index contributed by atoms with van der Waals surface area (Å²) in [6.07, 6.45) is 13.0. The van der Waals surface area contributed by atoms with Crippen LogP contribution < -0.4 is 10.4 Å². The molecule has 0 radical (unpaired) electrons. The summed E-state index contributed by atoms with van der Waals surface area (Å²) in [4.78, 5) is 0. The Morgan fingerprint density at radius 1 is 1.08 bits per heavy atom. The molecule has 0 fully saturated rings. The van der Waals surface area contributed by atoms with Gasteiger partial charge in [0.1, 0.15) is 0 Å². The fraction of sp³-hybridized carbons (Fsp3) is 0.385. The molecule has 0 nitrogen and oxygen atoms in total. The van der Waals surface area contributed by atoms with Gasteiger partial charge in [-0.1, -0.05) is 82.7 Å². The van der Waals surface area contributed by atoms with Crippen LogP contribution in [0.2, 0.25) is 0 Å². The third kappa shape index (κ3) is 2.42. The van der Waals surface area contributed by atoms with Gasteiger partial charge in [0.2, 0.25) is 0 Å². The third-order valence-corrected chi connectivity index (χ3v) is 6.51. The molecular formula is C26H30. The van der Waals surface area contributed by atoms with Crippen LogP contribution in [0.1, 0.15) is 46.6 Å². The lowest BCUT2D eigenvalue weighted by Gasteiger charge is -2.41. The van der Waals surface area contributed by atoms with Crippen molar-refractivity contribution < 1.29 is 0 Å². The maximum Gasteiger partial charge on any atom is 0.0142 e. The lowest BCUT2D eigenvalue weighted by molar-refractivity contribution is 0.356. The highest BCUT2D eigenvalue weighted by molar-refractivity contribution is 5.95. The molecule has 4 rings (SSSR count). The average molecular weight is 343 g/mol. The van der Waals surface area contributed by atoms with E-state index in [9.17, 15) is 0 Å². The number of hydrogen-bond donors (Lipinski definition) is 0. The van der Waals surface area contributed by atoms with Gasteiger partial charge in [0.15, 0.2) is 0 Å². The first kappa shape index (κ1) is 17.3. The molecule has 0 heterocycles. The Hall–Kier alpha value is -2.08. The van der Waals surface area contributed by atoms with Gasteiger partial charge in [-0.25, -0.2) is 0 Å². The second-order valence-electron chi connectivity index (χ2n) is 8.91. The number of rotatable bonds is 3. The van der Waals surface area contributed by atoms with E-state index in [2.05, 4.69) is 90.1 Å². The van der Waals surface area contributed by atoms with Crippen molar-refractivity contribution >= 4 is 11.6 Å². The van der Waals surface area contributed by atoms with Crippen LogP contribution in [-0.4, -0.2) is 0 Å². The molecule has 134 valence electrons. The maximum absolute atomic E-state index is 2.60. The topological polar surface area (TPSA) is 0 Å². The molecule has 0 bridgehead atoms. The molecule has 1 aromatic rings. The fourth-order valence-corrected chi connectivity index (χ4v) is 4.73. The van der Waals surface area contributed by atoms with E-state index in [4.69, 9.17) is 0 Å². The van der Waals surface area contributed by atoms with Crippen molar-refractivity contribution in [3.63, 3.8) is 0 Å². The van der Waals surface area contributed by atoms with E-state index in [1.807, 2.05) is 0 Å². The first-order valence-electron chi connectivity index (χ1n) is 10.00. The van der Waals surface area contributed by atoms with E-state index in [0.29, 0.717) is 11.8 Å². The minimum absolute atomic E-state index is 0.0733. The summed E-state index contributed by atoms with van der Waals surface area (Å²) >= 11 is 0. The van der Waals surface area contributed by atoms with Gasteiger partial charge in [0, 0.05) is 5.41 Å². The second kappa shape index (κ2) is 5.98. The maximum atomic E-state index is 2.60. The molecule has 0 spiro atoms. The summed E-state index contributed by atoms with van der Waals surface area (Å²) in [6, 6.07) is 6.93. The fourth-order valence-electron chi connectivity index (χ4n) is 4.73. The van der Waals surface area contributed by atoms with Crippen LogP contribution in [0.4, 0.5) is 0 Å². The van der Waals surface area contributed by atoms with Crippen molar-refractivity contribution in [2.24, 2.45) is 17.3 Å². The summed E-state index contributed by atoms with van der Waals surface area (Å²) in [5.74, 6) is 1.08. The molecule has 0 saturated carbocycles. The van der Waals surface area contributed by atoms with E-state index >= 15 is 0 Å². The number of fused-ring (bicyclic) bond motifs is 2. The number of allylic oxidation sites excluding steroid dienone is 8. The highest BCUT2D eigenvalue weighted by Gasteiger charge is 2.40. The molecular weight excluding hydrogens is 312 g/mol. The molecule has 0 aromatic heterocycles.